The number of aryl methyl sites for hydroxylation is 1. The van der Waals surface area contributed by atoms with Crippen molar-refractivity contribution in [3.05, 3.63) is 112 Å². The Morgan fingerprint density at radius 1 is 1.03 bits per heavy atom. The van der Waals surface area contributed by atoms with Crippen molar-refractivity contribution in [2.24, 2.45) is 5.11 Å². The molecule has 0 saturated carbocycles. The van der Waals surface area contributed by atoms with Crippen molar-refractivity contribution in [2.75, 3.05) is 13.6 Å². The maximum atomic E-state index is 12.8. The predicted molar refractivity (Wildman–Crippen MR) is 148 cm³/mol. The van der Waals surface area contributed by atoms with E-state index in [-0.39, 0.29) is 19.3 Å². The van der Waals surface area contributed by atoms with Gasteiger partial charge in [-0.15, -0.1) is 0 Å². The van der Waals surface area contributed by atoms with Crippen LogP contribution in [0.5, 0.6) is 0 Å². The number of rotatable bonds is 10. The fourth-order valence-corrected chi connectivity index (χ4v) is 5.25. The average Bonchev–Trinajstić information content (AvgIpc) is 2.94. The molecule has 0 bridgehead atoms. The summed E-state index contributed by atoms with van der Waals surface area (Å²) in [4.78, 5) is 18.4. The lowest BCUT2D eigenvalue weighted by atomic mass is 10.0. The summed E-state index contributed by atoms with van der Waals surface area (Å²) in [5, 5.41) is 4.05. The number of carbonyl (C=O) groups excluding carboxylic acids is 1. The van der Waals surface area contributed by atoms with Gasteiger partial charge in [0, 0.05) is 16.9 Å². The molecule has 0 N–H and O–H groups in total. The molecule has 1 fully saturated rings. The second kappa shape index (κ2) is 13.9. The molecule has 4 atom stereocenters. The Bertz CT molecular complexity index is 1210. The van der Waals surface area contributed by atoms with Gasteiger partial charge in [-0.05, 0) is 42.1 Å². The Morgan fingerprint density at radius 2 is 1.66 bits per heavy atom. The highest BCUT2D eigenvalue weighted by Crippen LogP contribution is 2.36. The molecule has 0 radical (unpaired) electrons. The Labute approximate surface area is 227 Å². The topological polar surface area (TPSA) is 96.8 Å². The van der Waals surface area contributed by atoms with E-state index in [9.17, 15) is 10.3 Å². The summed E-state index contributed by atoms with van der Waals surface area (Å²) in [5.74, 6) is 0. The van der Waals surface area contributed by atoms with Crippen LogP contribution < -0.4 is 0 Å². The first-order valence-electron chi connectivity index (χ1n) is 12.5. The van der Waals surface area contributed by atoms with Gasteiger partial charge in [0.1, 0.15) is 18.1 Å². The van der Waals surface area contributed by atoms with E-state index < -0.39 is 23.7 Å². The van der Waals surface area contributed by atoms with Gasteiger partial charge < -0.3 is 19.1 Å². The summed E-state index contributed by atoms with van der Waals surface area (Å²) in [6, 6.07) is 27.1. The van der Waals surface area contributed by atoms with Crippen LogP contribution in [-0.4, -0.2) is 48.3 Å². The van der Waals surface area contributed by atoms with E-state index in [2.05, 4.69) is 10.0 Å². The molecule has 1 aliphatic rings. The van der Waals surface area contributed by atoms with Crippen molar-refractivity contribution in [1.82, 2.24) is 4.90 Å². The number of nitrogens with zero attached hydrogens (tertiary/aromatic N) is 4. The van der Waals surface area contributed by atoms with Crippen LogP contribution in [0.2, 0.25) is 0 Å². The quantitative estimate of drug-likeness (QED) is 0.164. The first-order valence-corrected chi connectivity index (χ1v) is 13.4. The van der Waals surface area contributed by atoms with Crippen LogP contribution in [0.1, 0.15) is 23.1 Å². The number of carbonyl (C=O) groups is 1. The Hall–Kier alpha value is -3.49. The predicted octanol–water partition coefficient (Wildman–Crippen LogP) is 6.74. The van der Waals surface area contributed by atoms with Crippen molar-refractivity contribution in [1.29, 1.82) is 0 Å². The van der Waals surface area contributed by atoms with Crippen molar-refractivity contribution in [2.45, 2.75) is 55.1 Å². The molecular weight excluding hydrogens is 500 g/mol. The number of amides is 1. The van der Waals surface area contributed by atoms with E-state index in [1.807, 2.05) is 91.9 Å². The van der Waals surface area contributed by atoms with Crippen LogP contribution in [0.25, 0.3) is 10.4 Å². The minimum absolute atomic E-state index is 0.189. The minimum atomic E-state index is -0.445. The normalized spacial score (nSPS) is 20.8. The van der Waals surface area contributed by atoms with Gasteiger partial charge in [0.15, 0.2) is 0 Å². The maximum absolute atomic E-state index is 12.8. The van der Waals surface area contributed by atoms with Crippen molar-refractivity contribution >= 4 is 17.9 Å². The third kappa shape index (κ3) is 8.00. The number of ether oxygens (including phenoxy) is 3. The Kier molecular flexibility index (Phi) is 10.1. The number of benzene rings is 3. The lowest BCUT2D eigenvalue weighted by molar-refractivity contribution is -0.132. The van der Waals surface area contributed by atoms with E-state index in [0.717, 1.165) is 21.6 Å². The standard InChI is InChI=1S/C29H32N4O4S/c1-21-13-15-24(16-14-21)38-28-25(31-32-30)17-26(35-19-22-9-5-3-6-10-22)27(37-28)18-33(2)29(34)36-20-23-11-7-4-8-12-23/h3-16,25-28H,17-20H2,1-2H3/t25-,26+,27-,28-/m1/s1. The van der Waals surface area contributed by atoms with Gasteiger partial charge in [0.25, 0.3) is 0 Å². The molecule has 3 aromatic rings. The monoisotopic (exact) mass is 532 g/mol. The summed E-state index contributed by atoms with van der Waals surface area (Å²) >= 11 is 1.51. The highest BCUT2D eigenvalue weighted by atomic mass is 32.2. The van der Waals surface area contributed by atoms with Crippen molar-refractivity contribution in [3.8, 4) is 0 Å². The number of likely N-dealkylation sites (N-methyl/N-ethyl adjacent to an activating group) is 1. The van der Waals surface area contributed by atoms with E-state index in [1.54, 1.807) is 7.05 Å². The summed E-state index contributed by atoms with van der Waals surface area (Å²) in [6.45, 7) is 2.87. The number of thioether (sulfide) groups is 1. The summed E-state index contributed by atoms with van der Waals surface area (Å²) in [5.41, 5.74) is 11.9. The average molecular weight is 533 g/mol. The summed E-state index contributed by atoms with van der Waals surface area (Å²) in [7, 11) is 1.69. The number of hydrogen-bond acceptors (Lipinski definition) is 6. The molecule has 1 heterocycles. The SMILES string of the molecule is Cc1ccc(S[C@H]2O[C@H](CN(C)C(=O)OCc3ccccc3)[C@@H](OCc3ccccc3)C[C@H]2N=[N+]=[N-])cc1. The molecule has 38 heavy (non-hydrogen) atoms. The van der Waals surface area contributed by atoms with Crippen molar-refractivity contribution < 1.29 is 19.0 Å². The van der Waals surface area contributed by atoms with Crippen LogP contribution in [0, 0.1) is 6.92 Å². The number of azide groups is 1. The second-order valence-electron chi connectivity index (χ2n) is 9.24. The van der Waals surface area contributed by atoms with E-state index in [0.29, 0.717) is 13.0 Å². The first-order chi connectivity index (χ1) is 18.5. The smallest absolute Gasteiger partial charge is 0.409 e. The van der Waals surface area contributed by atoms with E-state index >= 15 is 0 Å². The molecular formula is C29H32N4O4S. The molecule has 0 aromatic heterocycles. The van der Waals surface area contributed by atoms with Gasteiger partial charge in [-0.1, -0.05) is 95.2 Å². The molecule has 0 aliphatic carbocycles. The fourth-order valence-electron chi connectivity index (χ4n) is 4.16. The molecule has 0 spiro atoms. The molecule has 4 rings (SSSR count). The zero-order valence-corrected chi connectivity index (χ0v) is 22.4. The van der Waals surface area contributed by atoms with Gasteiger partial charge in [-0.3, -0.25) is 0 Å². The second-order valence-corrected chi connectivity index (χ2v) is 10.4. The Balaban J connectivity index is 1.47. The van der Waals surface area contributed by atoms with E-state index in [1.165, 1.54) is 16.7 Å². The fraction of sp³-hybridized carbons (Fsp3) is 0.345. The summed E-state index contributed by atoms with van der Waals surface area (Å²) in [6.07, 6.45) is -0.803. The van der Waals surface area contributed by atoms with Crippen LogP contribution in [0.3, 0.4) is 0 Å². The molecule has 198 valence electrons. The van der Waals surface area contributed by atoms with Gasteiger partial charge in [-0.25, -0.2) is 4.79 Å². The highest BCUT2D eigenvalue weighted by Gasteiger charge is 2.40. The van der Waals surface area contributed by atoms with Gasteiger partial charge >= 0.3 is 6.09 Å². The lowest BCUT2D eigenvalue weighted by Gasteiger charge is -2.40. The maximum Gasteiger partial charge on any atom is 0.409 e. The van der Waals surface area contributed by atoms with Crippen LogP contribution in [0.15, 0.2) is 94.9 Å². The molecule has 3 aromatic carbocycles. The number of hydrogen-bond donors (Lipinski definition) is 0. The van der Waals surface area contributed by atoms with Gasteiger partial charge in [0.2, 0.25) is 0 Å². The molecule has 1 aliphatic heterocycles. The molecule has 0 unspecified atom stereocenters. The van der Waals surface area contributed by atoms with E-state index in [4.69, 9.17) is 14.2 Å². The van der Waals surface area contributed by atoms with Crippen LogP contribution in [-0.2, 0) is 27.4 Å². The largest absolute Gasteiger partial charge is 0.445 e. The third-order valence-electron chi connectivity index (χ3n) is 6.26. The zero-order chi connectivity index (χ0) is 26.7. The first kappa shape index (κ1) is 27.5. The molecule has 1 saturated heterocycles. The molecule has 9 heteroatoms. The molecule has 8 nitrogen and oxygen atoms in total. The zero-order valence-electron chi connectivity index (χ0n) is 21.6. The van der Waals surface area contributed by atoms with Gasteiger partial charge in [-0.2, -0.15) is 0 Å². The lowest BCUT2D eigenvalue weighted by Crippen LogP contribution is -2.51. The van der Waals surface area contributed by atoms with Crippen molar-refractivity contribution in [3.63, 3.8) is 0 Å². The summed E-state index contributed by atoms with van der Waals surface area (Å²) < 4.78 is 18.3. The van der Waals surface area contributed by atoms with Gasteiger partial charge in [0.05, 0.1) is 25.3 Å². The molecule has 1 amide bonds. The van der Waals surface area contributed by atoms with Crippen LogP contribution in [0.4, 0.5) is 4.79 Å². The minimum Gasteiger partial charge on any atom is -0.445 e. The highest BCUT2D eigenvalue weighted by molar-refractivity contribution is 7.99. The third-order valence-corrected chi connectivity index (χ3v) is 7.46. The van der Waals surface area contributed by atoms with Crippen LogP contribution >= 0.6 is 11.8 Å². The Morgan fingerprint density at radius 3 is 2.29 bits per heavy atom.